The van der Waals surface area contributed by atoms with E-state index in [-0.39, 0.29) is 16.8 Å². The van der Waals surface area contributed by atoms with Gasteiger partial charge in [0.25, 0.3) is 5.69 Å². The van der Waals surface area contributed by atoms with Crippen LogP contribution in [0.4, 0.5) is 15.8 Å². The van der Waals surface area contributed by atoms with Crippen molar-refractivity contribution in [3.8, 4) is 0 Å². The predicted octanol–water partition coefficient (Wildman–Crippen LogP) is 3.49. The number of hydrogen-bond acceptors (Lipinski definition) is 4. The standard InChI is InChI=1S/C14H12FN3O2/c1-10-12(13(15)7-8-14(10)18(19)20)9-16-17-11-5-3-2-4-6-11/h2-9,17H,1H3. The Balaban J connectivity index is 2.25. The van der Waals surface area contributed by atoms with Gasteiger partial charge in [0.1, 0.15) is 5.82 Å². The first kappa shape index (κ1) is 13.7. The number of nitrogens with one attached hydrogen (secondary N) is 1. The maximum atomic E-state index is 13.7. The normalized spacial score (nSPS) is 10.7. The summed E-state index contributed by atoms with van der Waals surface area (Å²) in [6.07, 6.45) is 1.24. The van der Waals surface area contributed by atoms with Crippen LogP contribution in [-0.2, 0) is 0 Å². The third kappa shape index (κ3) is 2.97. The van der Waals surface area contributed by atoms with Crippen LogP contribution in [0, 0.1) is 22.9 Å². The lowest BCUT2D eigenvalue weighted by molar-refractivity contribution is -0.385. The summed E-state index contributed by atoms with van der Waals surface area (Å²) in [6, 6.07) is 11.3. The number of anilines is 1. The van der Waals surface area contributed by atoms with Gasteiger partial charge in [-0.15, -0.1) is 0 Å². The Labute approximate surface area is 114 Å². The number of rotatable bonds is 4. The number of hydrazone groups is 1. The number of benzene rings is 2. The van der Waals surface area contributed by atoms with Gasteiger partial charge in [0, 0.05) is 17.2 Å². The van der Waals surface area contributed by atoms with Crippen LogP contribution in [0.25, 0.3) is 0 Å². The Morgan fingerprint density at radius 2 is 1.95 bits per heavy atom. The number of nitro groups is 1. The van der Waals surface area contributed by atoms with Crippen LogP contribution >= 0.6 is 0 Å². The number of nitro benzene ring substituents is 1. The van der Waals surface area contributed by atoms with E-state index in [1.807, 2.05) is 18.2 Å². The molecule has 6 heteroatoms. The van der Waals surface area contributed by atoms with E-state index in [2.05, 4.69) is 10.5 Å². The van der Waals surface area contributed by atoms with Crippen LogP contribution in [0.15, 0.2) is 47.6 Å². The average Bonchev–Trinajstić information content (AvgIpc) is 2.43. The number of halogens is 1. The van der Waals surface area contributed by atoms with Crippen molar-refractivity contribution in [2.75, 3.05) is 5.43 Å². The first-order valence-corrected chi connectivity index (χ1v) is 5.87. The molecule has 102 valence electrons. The van der Waals surface area contributed by atoms with E-state index in [0.717, 1.165) is 17.8 Å². The Morgan fingerprint density at radius 1 is 1.25 bits per heavy atom. The molecule has 0 radical (unpaired) electrons. The van der Waals surface area contributed by atoms with Crippen molar-refractivity contribution in [1.82, 2.24) is 0 Å². The topological polar surface area (TPSA) is 67.5 Å². The van der Waals surface area contributed by atoms with E-state index in [1.165, 1.54) is 13.1 Å². The minimum Gasteiger partial charge on any atom is -0.279 e. The lowest BCUT2D eigenvalue weighted by Gasteiger charge is -2.03. The van der Waals surface area contributed by atoms with E-state index in [1.54, 1.807) is 12.1 Å². The molecular weight excluding hydrogens is 261 g/mol. The van der Waals surface area contributed by atoms with Crippen molar-refractivity contribution < 1.29 is 9.31 Å². The largest absolute Gasteiger partial charge is 0.279 e. The second-order valence-electron chi connectivity index (χ2n) is 4.10. The lowest BCUT2D eigenvalue weighted by atomic mass is 10.1. The summed E-state index contributed by atoms with van der Waals surface area (Å²) in [5, 5.41) is 14.7. The van der Waals surface area contributed by atoms with Gasteiger partial charge in [-0.2, -0.15) is 5.10 Å². The Kier molecular flexibility index (Phi) is 4.05. The molecule has 0 amide bonds. The van der Waals surface area contributed by atoms with Crippen molar-refractivity contribution in [2.45, 2.75) is 6.92 Å². The van der Waals surface area contributed by atoms with Crippen molar-refractivity contribution in [2.24, 2.45) is 5.10 Å². The quantitative estimate of drug-likeness (QED) is 0.526. The molecule has 0 aromatic heterocycles. The molecule has 0 heterocycles. The number of hydrogen-bond donors (Lipinski definition) is 1. The fraction of sp³-hybridized carbons (Fsp3) is 0.0714. The summed E-state index contributed by atoms with van der Waals surface area (Å²) in [5.74, 6) is -0.549. The van der Waals surface area contributed by atoms with Gasteiger partial charge in [-0.05, 0) is 25.1 Å². The van der Waals surface area contributed by atoms with E-state index in [9.17, 15) is 14.5 Å². The summed E-state index contributed by atoms with van der Waals surface area (Å²) in [6.45, 7) is 1.49. The van der Waals surface area contributed by atoms with Crippen molar-refractivity contribution in [3.63, 3.8) is 0 Å². The third-order valence-electron chi connectivity index (χ3n) is 2.79. The molecule has 1 N–H and O–H groups in total. The minimum absolute atomic E-state index is 0.0997. The fourth-order valence-electron chi connectivity index (χ4n) is 1.72. The summed E-state index contributed by atoms with van der Waals surface area (Å²) in [4.78, 5) is 10.3. The van der Waals surface area contributed by atoms with E-state index in [4.69, 9.17) is 0 Å². The maximum Gasteiger partial charge on any atom is 0.273 e. The second kappa shape index (κ2) is 5.92. The van der Waals surface area contributed by atoms with Gasteiger partial charge in [0.2, 0.25) is 0 Å². The molecule has 0 aliphatic rings. The Bertz CT molecular complexity index is 657. The molecule has 0 bridgehead atoms. The zero-order chi connectivity index (χ0) is 14.5. The molecule has 2 aromatic carbocycles. The first-order chi connectivity index (χ1) is 9.59. The predicted molar refractivity (Wildman–Crippen MR) is 75.5 cm³/mol. The number of para-hydroxylation sites is 1. The SMILES string of the molecule is Cc1c([N+](=O)[O-])ccc(F)c1C=NNc1ccccc1. The van der Waals surface area contributed by atoms with Gasteiger partial charge in [-0.25, -0.2) is 4.39 Å². The highest BCUT2D eigenvalue weighted by Crippen LogP contribution is 2.22. The van der Waals surface area contributed by atoms with Crippen molar-refractivity contribution in [3.05, 3.63) is 69.5 Å². The summed E-state index contributed by atoms with van der Waals surface area (Å²) in [5.41, 5.74) is 3.68. The Hall–Kier alpha value is -2.76. The van der Waals surface area contributed by atoms with Gasteiger partial charge >= 0.3 is 0 Å². The van der Waals surface area contributed by atoms with Gasteiger partial charge in [0.05, 0.1) is 16.8 Å². The second-order valence-corrected chi connectivity index (χ2v) is 4.10. The molecule has 0 saturated heterocycles. The Morgan fingerprint density at radius 3 is 2.60 bits per heavy atom. The fourth-order valence-corrected chi connectivity index (χ4v) is 1.72. The molecule has 2 rings (SSSR count). The zero-order valence-corrected chi connectivity index (χ0v) is 10.7. The molecule has 0 unspecified atom stereocenters. The van der Waals surface area contributed by atoms with Crippen LogP contribution in [0.2, 0.25) is 0 Å². The van der Waals surface area contributed by atoms with Gasteiger partial charge < -0.3 is 0 Å². The number of nitrogens with zero attached hydrogens (tertiary/aromatic N) is 2. The van der Waals surface area contributed by atoms with Crippen LogP contribution in [0.3, 0.4) is 0 Å². The molecule has 2 aromatic rings. The minimum atomic E-state index is -0.549. The summed E-state index contributed by atoms with van der Waals surface area (Å²) < 4.78 is 13.7. The lowest BCUT2D eigenvalue weighted by Crippen LogP contribution is -2.00. The molecule has 0 aliphatic carbocycles. The van der Waals surface area contributed by atoms with E-state index >= 15 is 0 Å². The average molecular weight is 273 g/mol. The monoisotopic (exact) mass is 273 g/mol. The zero-order valence-electron chi connectivity index (χ0n) is 10.7. The van der Waals surface area contributed by atoms with Gasteiger partial charge in [0.15, 0.2) is 0 Å². The van der Waals surface area contributed by atoms with Crippen molar-refractivity contribution in [1.29, 1.82) is 0 Å². The maximum absolute atomic E-state index is 13.7. The molecule has 0 aliphatic heterocycles. The smallest absolute Gasteiger partial charge is 0.273 e. The van der Waals surface area contributed by atoms with E-state index in [0.29, 0.717) is 0 Å². The molecule has 0 fully saturated rings. The van der Waals surface area contributed by atoms with Gasteiger partial charge in [-0.1, -0.05) is 18.2 Å². The van der Waals surface area contributed by atoms with Gasteiger partial charge in [-0.3, -0.25) is 15.5 Å². The highest BCUT2D eigenvalue weighted by Gasteiger charge is 2.16. The third-order valence-corrected chi connectivity index (χ3v) is 2.79. The molecule has 20 heavy (non-hydrogen) atoms. The molecule has 0 atom stereocenters. The molecule has 0 saturated carbocycles. The van der Waals surface area contributed by atoms with Crippen molar-refractivity contribution >= 4 is 17.6 Å². The molecule has 5 nitrogen and oxygen atoms in total. The van der Waals surface area contributed by atoms with Crippen LogP contribution in [0.1, 0.15) is 11.1 Å². The first-order valence-electron chi connectivity index (χ1n) is 5.87. The molecule has 0 spiro atoms. The summed E-state index contributed by atoms with van der Waals surface area (Å²) in [7, 11) is 0. The highest BCUT2D eigenvalue weighted by molar-refractivity contribution is 5.84. The highest BCUT2D eigenvalue weighted by atomic mass is 19.1. The molecular formula is C14H12FN3O2. The van der Waals surface area contributed by atoms with E-state index < -0.39 is 10.7 Å². The van der Waals surface area contributed by atoms with Crippen LogP contribution in [-0.4, -0.2) is 11.1 Å². The van der Waals surface area contributed by atoms with Crippen LogP contribution < -0.4 is 5.43 Å². The van der Waals surface area contributed by atoms with Crippen LogP contribution in [0.5, 0.6) is 0 Å². The summed E-state index contributed by atoms with van der Waals surface area (Å²) >= 11 is 0.